The normalized spacial score (nSPS) is 10.5. The molecule has 2 aromatic carbocycles. The zero-order valence-electron chi connectivity index (χ0n) is 17.1. The van der Waals surface area contributed by atoms with Crippen molar-refractivity contribution in [1.82, 2.24) is 10.7 Å². The van der Waals surface area contributed by atoms with Gasteiger partial charge in [-0.1, -0.05) is 29.8 Å². The molecule has 0 aliphatic carbocycles. The summed E-state index contributed by atoms with van der Waals surface area (Å²) in [5.74, 6) is -1.62. The Balaban J connectivity index is 1.82. The van der Waals surface area contributed by atoms with Crippen molar-refractivity contribution in [1.29, 1.82) is 0 Å². The maximum absolute atomic E-state index is 12.1. The van der Waals surface area contributed by atoms with E-state index in [0.717, 1.165) is 5.56 Å². The average Bonchev–Trinajstić information content (AvgIpc) is 2.75. The lowest BCUT2D eigenvalue weighted by Crippen LogP contribution is -2.39. The summed E-state index contributed by atoms with van der Waals surface area (Å²) < 4.78 is 10.3. The average molecular weight is 447 g/mol. The molecular formula is C21H23ClN4O5. The van der Waals surface area contributed by atoms with Gasteiger partial charge in [0, 0.05) is 24.4 Å². The highest BCUT2D eigenvalue weighted by Gasteiger charge is 2.11. The van der Waals surface area contributed by atoms with Crippen LogP contribution in [-0.2, 0) is 19.1 Å². The summed E-state index contributed by atoms with van der Waals surface area (Å²) in [6, 6.07) is 12.0. The van der Waals surface area contributed by atoms with Gasteiger partial charge in [0.25, 0.3) is 5.91 Å². The lowest BCUT2D eigenvalue weighted by Gasteiger charge is -2.09. The van der Waals surface area contributed by atoms with Gasteiger partial charge in [-0.15, -0.1) is 0 Å². The van der Waals surface area contributed by atoms with Gasteiger partial charge in [0.2, 0.25) is 0 Å². The van der Waals surface area contributed by atoms with Crippen LogP contribution in [0.25, 0.3) is 0 Å². The molecule has 0 aliphatic heterocycles. The number of hydrogen-bond donors (Lipinski definition) is 3. The van der Waals surface area contributed by atoms with Crippen LogP contribution in [0.2, 0.25) is 5.02 Å². The summed E-state index contributed by atoms with van der Waals surface area (Å²) in [5.41, 5.74) is 4.22. The number of ether oxygens (including phenoxy) is 2. The molecule has 164 valence electrons. The van der Waals surface area contributed by atoms with Gasteiger partial charge >= 0.3 is 11.8 Å². The lowest BCUT2D eigenvalue weighted by molar-refractivity contribution is -0.139. The van der Waals surface area contributed by atoms with Gasteiger partial charge in [-0.2, -0.15) is 5.10 Å². The number of aryl methyl sites for hydroxylation is 1. The van der Waals surface area contributed by atoms with E-state index in [9.17, 15) is 14.4 Å². The largest absolute Gasteiger partial charge is 0.484 e. The fourth-order valence-corrected chi connectivity index (χ4v) is 2.44. The number of methoxy groups -OCH3 is 1. The molecule has 2 rings (SSSR count). The molecule has 0 saturated carbocycles. The molecular weight excluding hydrogens is 424 g/mol. The second-order valence-corrected chi connectivity index (χ2v) is 6.73. The van der Waals surface area contributed by atoms with Crippen molar-refractivity contribution >= 4 is 41.2 Å². The smallest absolute Gasteiger partial charge is 0.329 e. The van der Waals surface area contributed by atoms with E-state index in [-0.39, 0.29) is 19.1 Å². The first-order chi connectivity index (χ1) is 14.9. The van der Waals surface area contributed by atoms with Gasteiger partial charge in [0.1, 0.15) is 5.75 Å². The van der Waals surface area contributed by atoms with Crippen LogP contribution in [-0.4, -0.2) is 50.8 Å². The number of hydrogen-bond acceptors (Lipinski definition) is 6. The SMILES string of the molecule is COCCNC(=O)C(=O)N/N=C\c1cccc(OCC(=O)Nc2ccc(C)c(Cl)c2)c1. The number of halogens is 1. The van der Waals surface area contributed by atoms with Crippen molar-refractivity contribution in [2.45, 2.75) is 6.92 Å². The van der Waals surface area contributed by atoms with Crippen LogP contribution in [0.1, 0.15) is 11.1 Å². The minimum atomic E-state index is -0.896. The summed E-state index contributed by atoms with van der Waals surface area (Å²) in [6.45, 7) is 2.18. The Morgan fingerprint density at radius 3 is 2.68 bits per heavy atom. The summed E-state index contributed by atoms with van der Waals surface area (Å²) in [4.78, 5) is 35.2. The number of carbonyl (C=O) groups excluding carboxylic acids is 3. The van der Waals surface area contributed by atoms with Gasteiger partial charge in [-0.3, -0.25) is 14.4 Å². The van der Waals surface area contributed by atoms with E-state index in [2.05, 4.69) is 21.2 Å². The molecule has 31 heavy (non-hydrogen) atoms. The molecule has 0 heterocycles. The summed E-state index contributed by atoms with van der Waals surface area (Å²) in [6.07, 6.45) is 1.35. The van der Waals surface area contributed by atoms with Gasteiger partial charge < -0.3 is 20.1 Å². The number of nitrogens with zero attached hydrogens (tertiary/aromatic N) is 1. The van der Waals surface area contributed by atoms with Crippen molar-refractivity contribution < 1.29 is 23.9 Å². The predicted octanol–water partition coefficient (Wildman–Crippen LogP) is 1.88. The Labute approximate surface area is 184 Å². The van der Waals surface area contributed by atoms with Gasteiger partial charge in [-0.05, 0) is 42.3 Å². The number of rotatable bonds is 9. The second kappa shape index (κ2) is 12.3. The number of nitrogens with one attached hydrogen (secondary N) is 3. The van der Waals surface area contributed by atoms with Crippen molar-refractivity contribution in [2.24, 2.45) is 5.10 Å². The van der Waals surface area contributed by atoms with Crippen molar-refractivity contribution in [2.75, 3.05) is 32.2 Å². The highest BCUT2D eigenvalue weighted by atomic mass is 35.5. The van der Waals surface area contributed by atoms with Crippen LogP contribution in [0.3, 0.4) is 0 Å². The van der Waals surface area contributed by atoms with Gasteiger partial charge in [-0.25, -0.2) is 5.43 Å². The maximum Gasteiger partial charge on any atom is 0.329 e. The molecule has 0 aromatic heterocycles. The highest BCUT2D eigenvalue weighted by Crippen LogP contribution is 2.20. The zero-order valence-corrected chi connectivity index (χ0v) is 17.9. The fraction of sp³-hybridized carbons (Fsp3) is 0.238. The number of benzene rings is 2. The molecule has 3 amide bonds. The summed E-state index contributed by atoms with van der Waals surface area (Å²) in [7, 11) is 1.49. The summed E-state index contributed by atoms with van der Waals surface area (Å²) >= 11 is 6.05. The molecule has 3 N–H and O–H groups in total. The third-order valence-corrected chi connectivity index (χ3v) is 4.27. The lowest BCUT2D eigenvalue weighted by atomic mass is 10.2. The molecule has 0 saturated heterocycles. The minimum absolute atomic E-state index is 0.204. The zero-order chi connectivity index (χ0) is 22.6. The van der Waals surface area contributed by atoms with Crippen molar-refractivity contribution in [3.8, 4) is 5.75 Å². The van der Waals surface area contributed by atoms with Gasteiger partial charge in [0.05, 0.1) is 12.8 Å². The van der Waals surface area contributed by atoms with Gasteiger partial charge in [0.15, 0.2) is 6.61 Å². The molecule has 0 fully saturated rings. The predicted molar refractivity (Wildman–Crippen MR) is 117 cm³/mol. The Morgan fingerprint density at radius 1 is 1.13 bits per heavy atom. The van der Waals surface area contributed by atoms with E-state index >= 15 is 0 Å². The minimum Gasteiger partial charge on any atom is -0.484 e. The van der Waals surface area contributed by atoms with Crippen LogP contribution in [0.15, 0.2) is 47.6 Å². The first kappa shape index (κ1) is 23.8. The fourth-order valence-electron chi connectivity index (χ4n) is 2.26. The van der Waals surface area contributed by atoms with E-state index in [1.165, 1.54) is 13.3 Å². The van der Waals surface area contributed by atoms with E-state index in [1.54, 1.807) is 36.4 Å². The monoisotopic (exact) mass is 446 g/mol. The quantitative estimate of drug-likeness (QED) is 0.235. The number of carbonyl (C=O) groups is 3. The molecule has 0 atom stereocenters. The molecule has 0 bridgehead atoms. The second-order valence-electron chi connectivity index (χ2n) is 6.32. The van der Waals surface area contributed by atoms with Crippen LogP contribution in [0.5, 0.6) is 5.75 Å². The molecule has 0 aliphatic rings. The number of hydrazone groups is 1. The third-order valence-electron chi connectivity index (χ3n) is 3.86. The van der Waals surface area contributed by atoms with E-state index in [4.69, 9.17) is 21.1 Å². The molecule has 0 unspecified atom stereocenters. The Hall–Kier alpha value is -3.43. The van der Waals surface area contributed by atoms with E-state index in [1.807, 2.05) is 13.0 Å². The van der Waals surface area contributed by atoms with Crippen molar-refractivity contribution in [3.63, 3.8) is 0 Å². The number of anilines is 1. The van der Waals surface area contributed by atoms with Crippen molar-refractivity contribution in [3.05, 3.63) is 58.6 Å². The standard InChI is InChI=1S/C21H23ClN4O5/c1-14-6-7-16(11-18(14)22)25-19(27)13-31-17-5-3-4-15(10-17)12-24-26-21(29)20(28)23-8-9-30-2/h3-7,10-12H,8-9,13H2,1-2H3,(H,23,28)(H,25,27)(H,26,29)/b24-12-. The summed E-state index contributed by atoms with van der Waals surface area (Å²) in [5, 5.41) is 9.37. The van der Waals surface area contributed by atoms with Crippen LogP contribution in [0, 0.1) is 6.92 Å². The Kier molecular flexibility index (Phi) is 9.47. The third kappa shape index (κ3) is 8.45. The molecule has 9 nitrogen and oxygen atoms in total. The van der Waals surface area contributed by atoms with E-state index < -0.39 is 11.8 Å². The molecule has 0 radical (unpaired) electrons. The number of amides is 3. The first-order valence-electron chi connectivity index (χ1n) is 9.28. The first-order valence-corrected chi connectivity index (χ1v) is 9.66. The maximum atomic E-state index is 12.1. The highest BCUT2D eigenvalue weighted by molar-refractivity contribution is 6.35. The van der Waals surface area contributed by atoms with Crippen LogP contribution in [0.4, 0.5) is 5.69 Å². The van der Waals surface area contributed by atoms with E-state index in [0.29, 0.717) is 28.6 Å². The Bertz CT molecular complexity index is 965. The molecule has 0 spiro atoms. The Morgan fingerprint density at radius 2 is 1.94 bits per heavy atom. The van der Waals surface area contributed by atoms with Crippen LogP contribution >= 0.6 is 11.6 Å². The topological polar surface area (TPSA) is 118 Å². The molecule has 10 heteroatoms. The van der Waals surface area contributed by atoms with Crippen LogP contribution < -0.4 is 20.8 Å². The molecule has 2 aromatic rings.